The lowest BCUT2D eigenvalue weighted by molar-refractivity contribution is 0.482. The van der Waals surface area contributed by atoms with E-state index < -0.39 is 0 Å². The van der Waals surface area contributed by atoms with Crippen LogP contribution in [-0.2, 0) is 0 Å². The highest BCUT2D eigenvalue weighted by Crippen LogP contribution is 2.22. The maximum Gasteiger partial charge on any atom is 0.127 e. The van der Waals surface area contributed by atoms with Crippen molar-refractivity contribution >= 4 is 0 Å². The van der Waals surface area contributed by atoms with Crippen LogP contribution in [0.4, 0.5) is 0 Å². The zero-order valence-corrected chi connectivity index (χ0v) is 17.6. The van der Waals surface area contributed by atoms with E-state index in [-0.39, 0.29) is 0 Å². The van der Waals surface area contributed by atoms with Gasteiger partial charge in [0.15, 0.2) is 0 Å². The van der Waals surface area contributed by atoms with Crippen molar-refractivity contribution in [2.45, 2.75) is 27.7 Å². The first-order valence-corrected chi connectivity index (χ1v) is 9.94. The zero-order chi connectivity index (χ0) is 20.6. The SMILES string of the molecule is Cc1ccc(-c2ccc(C)cc2)cc1.Cc1ccc(Oc2ccc(C)cc2)cc1. The Kier molecular flexibility index (Phi) is 6.86. The van der Waals surface area contributed by atoms with Gasteiger partial charge in [0.1, 0.15) is 11.5 Å². The first kappa shape index (κ1) is 20.4. The first-order valence-electron chi connectivity index (χ1n) is 9.94. The van der Waals surface area contributed by atoms with E-state index in [1.807, 2.05) is 48.5 Å². The minimum Gasteiger partial charge on any atom is -0.457 e. The second-order valence-corrected chi connectivity index (χ2v) is 7.46. The number of hydrogen-bond donors (Lipinski definition) is 0. The van der Waals surface area contributed by atoms with Gasteiger partial charge >= 0.3 is 0 Å². The molecular formula is C28H28O. The summed E-state index contributed by atoms with van der Waals surface area (Å²) in [7, 11) is 0. The van der Waals surface area contributed by atoms with Gasteiger partial charge in [-0.05, 0) is 63.1 Å². The Bertz CT molecular complexity index is 923. The summed E-state index contributed by atoms with van der Waals surface area (Å²) in [6.45, 7) is 8.35. The van der Waals surface area contributed by atoms with E-state index in [1.54, 1.807) is 0 Å². The summed E-state index contributed by atoms with van der Waals surface area (Å²) >= 11 is 0. The van der Waals surface area contributed by atoms with Crippen molar-refractivity contribution in [3.05, 3.63) is 119 Å². The predicted octanol–water partition coefficient (Wildman–Crippen LogP) is 8.07. The van der Waals surface area contributed by atoms with Crippen molar-refractivity contribution < 1.29 is 4.74 Å². The van der Waals surface area contributed by atoms with Crippen LogP contribution < -0.4 is 4.74 Å². The molecule has 4 aromatic carbocycles. The van der Waals surface area contributed by atoms with Crippen LogP contribution in [0.15, 0.2) is 97.1 Å². The van der Waals surface area contributed by atoms with E-state index in [0.29, 0.717) is 0 Å². The molecule has 146 valence electrons. The molecule has 1 heteroatoms. The molecule has 0 saturated carbocycles. The van der Waals surface area contributed by atoms with E-state index in [2.05, 4.69) is 76.2 Å². The van der Waals surface area contributed by atoms with Crippen molar-refractivity contribution in [2.24, 2.45) is 0 Å². The molecule has 0 aliphatic carbocycles. The average molecular weight is 381 g/mol. The van der Waals surface area contributed by atoms with E-state index >= 15 is 0 Å². The molecule has 4 rings (SSSR count). The van der Waals surface area contributed by atoms with Crippen LogP contribution in [0.5, 0.6) is 11.5 Å². The van der Waals surface area contributed by atoms with E-state index in [1.165, 1.54) is 33.4 Å². The molecule has 4 aromatic rings. The van der Waals surface area contributed by atoms with Crippen LogP contribution >= 0.6 is 0 Å². The summed E-state index contributed by atoms with van der Waals surface area (Å²) in [6, 6.07) is 33.4. The number of hydrogen-bond acceptors (Lipinski definition) is 1. The second kappa shape index (κ2) is 9.75. The van der Waals surface area contributed by atoms with Gasteiger partial charge in [-0.3, -0.25) is 0 Å². The molecule has 0 amide bonds. The third-order valence-electron chi connectivity index (χ3n) is 4.71. The van der Waals surface area contributed by atoms with Gasteiger partial charge < -0.3 is 4.74 Å². The lowest BCUT2D eigenvalue weighted by Crippen LogP contribution is -1.84. The largest absolute Gasteiger partial charge is 0.457 e. The Hall–Kier alpha value is -3.32. The van der Waals surface area contributed by atoms with Gasteiger partial charge in [-0.1, -0.05) is 95.1 Å². The summed E-state index contributed by atoms with van der Waals surface area (Å²) in [5.74, 6) is 1.76. The summed E-state index contributed by atoms with van der Waals surface area (Å²) in [5, 5.41) is 0. The summed E-state index contributed by atoms with van der Waals surface area (Å²) in [6.07, 6.45) is 0. The van der Waals surface area contributed by atoms with Crippen molar-refractivity contribution in [3.8, 4) is 22.6 Å². The standard InChI is InChI=1S/C14H14O.C14H14/c1-11-3-7-13(8-4-11)15-14-9-5-12(2)6-10-14;1-11-3-7-13(8-4-11)14-9-5-12(2)6-10-14/h3-10H,1-2H3;3-10H,1-2H3. The molecule has 0 aromatic heterocycles. The van der Waals surface area contributed by atoms with Gasteiger partial charge in [-0.15, -0.1) is 0 Å². The first-order chi connectivity index (χ1) is 14.0. The van der Waals surface area contributed by atoms with Crippen LogP contribution in [-0.4, -0.2) is 0 Å². The second-order valence-electron chi connectivity index (χ2n) is 7.46. The molecule has 0 aliphatic rings. The minimum absolute atomic E-state index is 0.879. The normalized spacial score (nSPS) is 10.1. The van der Waals surface area contributed by atoms with Crippen molar-refractivity contribution in [2.75, 3.05) is 0 Å². The fraction of sp³-hybridized carbons (Fsp3) is 0.143. The minimum atomic E-state index is 0.879. The molecular weight excluding hydrogens is 352 g/mol. The van der Waals surface area contributed by atoms with Gasteiger partial charge in [-0.2, -0.15) is 0 Å². The molecule has 29 heavy (non-hydrogen) atoms. The van der Waals surface area contributed by atoms with Crippen molar-refractivity contribution in [1.82, 2.24) is 0 Å². The molecule has 0 N–H and O–H groups in total. The van der Waals surface area contributed by atoms with Crippen LogP contribution in [0.3, 0.4) is 0 Å². The average Bonchev–Trinajstić information content (AvgIpc) is 2.73. The highest BCUT2D eigenvalue weighted by atomic mass is 16.5. The summed E-state index contributed by atoms with van der Waals surface area (Å²) in [5.41, 5.74) is 7.67. The lowest BCUT2D eigenvalue weighted by atomic mass is 10.0. The molecule has 0 bridgehead atoms. The number of benzene rings is 4. The Morgan fingerprint density at radius 3 is 0.862 bits per heavy atom. The summed E-state index contributed by atoms with van der Waals surface area (Å²) < 4.78 is 5.69. The van der Waals surface area contributed by atoms with E-state index in [9.17, 15) is 0 Å². The lowest BCUT2D eigenvalue weighted by Gasteiger charge is -2.05. The van der Waals surface area contributed by atoms with Crippen LogP contribution in [0, 0.1) is 27.7 Å². The highest BCUT2D eigenvalue weighted by Gasteiger charge is 1.96. The number of rotatable bonds is 3. The highest BCUT2D eigenvalue weighted by molar-refractivity contribution is 5.63. The maximum atomic E-state index is 5.69. The molecule has 0 aliphatic heterocycles. The predicted molar refractivity (Wildman–Crippen MR) is 124 cm³/mol. The van der Waals surface area contributed by atoms with E-state index in [0.717, 1.165) is 11.5 Å². The van der Waals surface area contributed by atoms with Gasteiger partial charge in [0.05, 0.1) is 0 Å². The molecule has 0 saturated heterocycles. The quantitative estimate of drug-likeness (QED) is 0.349. The van der Waals surface area contributed by atoms with Crippen LogP contribution in [0.2, 0.25) is 0 Å². The molecule has 0 fully saturated rings. The van der Waals surface area contributed by atoms with Crippen molar-refractivity contribution in [3.63, 3.8) is 0 Å². The fourth-order valence-electron chi connectivity index (χ4n) is 2.84. The van der Waals surface area contributed by atoms with E-state index in [4.69, 9.17) is 4.74 Å². The Balaban J connectivity index is 0.000000166. The fourth-order valence-corrected chi connectivity index (χ4v) is 2.84. The van der Waals surface area contributed by atoms with Gasteiger partial charge in [0.25, 0.3) is 0 Å². The molecule has 0 radical (unpaired) electrons. The third kappa shape index (κ3) is 6.36. The number of aryl methyl sites for hydroxylation is 4. The monoisotopic (exact) mass is 380 g/mol. The van der Waals surface area contributed by atoms with Crippen molar-refractivity contribution in [1.29, 1.82) is 0 Å². The van der Waals surface area contributed by atoms with Gasteiger partial charge in [-0.25, -0.2) is 0 Å². The molecule has 1 nitrogen and oxygen atoms in total. The number of ether oxygens (including phenoxy) is 1. The molecule has 0 unspecified atom stereocenters. The molecule has 0 spiro atoms. The topological polar surface area (TPSA) is 9.23 Å². The Morgan fingerprint density at radius 1 is 0.345 bits per heavy atom. The van der Waals surface area contributed by atoms with Crippen LogP contribution in [0.25, 0.3) is 11.1 Å². The molecule has 0 heterocycles. The summed E-state index contributed by atoms with van der Waals surface area (Å²) in [4.78, 5) is 0. The Labute approximate surface area is 174 Å². The third-order valence-corrected chi connectivity index (χ3v) is 4.71. The van der Waals surface area contributed by atoms with Crippen LogP contribution in [0.1, 0.15) is 22.3 Å². The van der Waals surface area contributed by atoms with Gasteiger partial charge in [0.2, 0.25) is 0 Å². The maximum absolute atomic E-state index is 5.69. The Morgan fingerprint density at radius 2 is 0.586 bits per heavy atom. The molecule has 0 atom stereocenters. The zero-order valence-electron chi connectivity index (χ0n) is 17.6. The van der Waals surface area contributed by atoms with Gasteiger partial charge in [0, 0.05) is 0 Å². The smallest absolute Gasteiger partial charge is 0.127 e.